The first-order valence-corrected chi connectivity index (χ1v) is 7.19. The molecule has 1 unspecified atom stereocenters. The number of nitrogens with two attached hydrogens (primary N) is 1. The van der Waals surface area contributed by atoms with Gasteiger partial charge in [-0.05, 0) is 46.1 Å². The standard InChI is InChI=1S/C14H24N4O/c1-3-19-14-11(2)13(16-10-17-14)18-9-5-4-6-12(18)7-8-15/h10,12H,3-9,15H2,1-2H3. The highest BCUT2D eigenvalue weighted by Crippen LogP contribution is 2.30. The molecule has 1 aromatic heterocycles. The molecular weight excluding hydrogens is 240 g/mol. The van der Waals surface area contributed by atoms with Crippen molar-refractivity contribution in [3.05, 3.63) is 11.9 Å². The molecule has 1 saturated heterocycles. The molecule has 0 aromatic carbocycles. The molecule has 1 aliphatic rings. The van der Waals surface area contributed by atoms with E-state index in [4.69, 9.17) is 10.5 Å². The number of piperidine rings is 1. The van der Waals surface area contributed by atoms with Crippen molar-refractivity contribution in [3.63, 3.8) is 0 Å². The van der Waals surface area contributed by atoms with Crippen LogP contribution < -0.4 is 15.4 Å². The van der Waals surface area contributed by atoms with E-state index in [-0.39, 0.29) is 0 Å². The zero-order valence-electron chi connectivity index (χ0n) is 11.9. The fraction of sp³-hybridized carbons (Fsp3) is 0.714. The van der Waals surface area contributed by atoms with Crippen molar-refractivity contribution >= 4 is 5.82 Å². The molecular formula is C14H24N4O. The minimum Gasteiger partial charge on any atom is -0.478 e. The third-order valence-electron chi connectivity index (χ3n) is 3.69. The second kappa shape index (κ2) is 6.70. The lowest BCUT2D eigenvalue weighted by Crippen LogP contribution is -2.41. The molecule has 1 aliphatic heterocycles. The van der Waals surface area contributed by atoms with Crippen molar-refractivity contribution < 1.29 is 4.74 Å². The van der Waals surface area contributed by atoms with Crippen LogP contribution >= 0.6 is 0 Å². The van der Waals surface area contributed by atoms with Gasteiger partial charge in [0.1, 0.15) is 12.1 Å². The number of hydrogen-bond donors (Lipinski definition) is 1. The number of nitrogens with zero attached hydrogens (tertiary/aromatic N) is 3. The first-order valence-electron chi connectivity index (χ1n) is 7.19. The minimum absolute atomic E-state index is 0.502. The summed E-state index contributed by atoms with van der Waals surface area (Å²) in [5.74, 6) is 1.71. The first kappa shape index (κ1) is 14.1. The Labute approximate surface area is 115 Å². The van der Waals surface area contributed by atoms with Gasteiger partial charge in [0.05, 0.1) is 12.2 Å². The predicted octanol–water partition coefficient (Wildman–Crippen LogP) is 1.89. The fourth-order valence-electron chi connectivity index (χ4n) is 2.77. The molecule has 2 N–H and O–H groups in total. The Balaban J connectivity index is 2.25. The van der Waals surface area contributed by atoms with Gasteiger partial charge in [-0.3, -0.25) is 0 Å². The van der Waals surface area contributed by atoms with Crippen LogP contribution in [0.25, 0.3) is 0 Å². The zero-order chi connectivity index (χ0) is 13.7. The molecule has 1 aromatic rings. The average molecular weight is 264 g/mol. The molecule has 5 heteroatoms. The third kappa shape index (κ3) is 3.15. The highest BCUT2D eigenvalue weighted by molar-refractivity contribution is 5.51. The van der Waals surface area contributed by atoms with E-state index in [9.17, 15) is 0 Å². The van der Waals surface area contributed by atoms with Gasteiger partial charge in [-0.15, -0.1) is 0 Å². The maximum absolute atomic E-state index is 5.73. The molecule has 0 spiro atoms. The average Bonchev–Trinajstić information content (AvgIpc) is 2.43. The fourth-order valence-corrected chi connectivity index (χ4v) is 2.77. The highest BCUT2D eigenvalue weighted by Gasteiger charge is 2.25. The van der Waals surface area contributed by atoms with Crippen molar-refractivity contribution in [3.8, 4) is 5.88 Å². The van der Waals surface area contributed by atoms with Crippen LogP contribution in [0.2, 0.25) is 0 Å². The van der Waals surface area contributed by atoms with Crippen LogP contribution in [0.1, 0.15) is 38.2 Å². The summed E-state index contributed by atoms with van der Waals surface area (Å²) in [6.07, 6.45) is 6.32. The molecule has 2 heterocycles. The Hall–Kier alpha value is -1.36. The number of hydrogen-bond acceptors (Lipinski definition) is 5. The summed E-state index contributed by atoms with van der Waals surface area (Å²) < 4.78 is 5.56. The van der Waals surface area contributed by atoms with E-state index in [0.717, 1.165) is 30.9 Å². The molecule has 1 fully saturated rings. The Morgan fingerprint density at radius 1 is 1.42 bits per heavy atom. The second-order valence-electron chi connectivity index (χ2n) is 4.98. The first-order chi connectivity index (χ1) is 9.27. The second-order valence-corrected chi connectivity index (χ2v) is 4.98. The summed E-state index contributed by atoms with van der Waals surface area (Å²) in [6.45, 7) is 6.41. The summed E-state index contributed by atoms with van der Waals surface area (Å²) in [6, 6.07) is 0.502. The van der Waals surface area contributed by atoms with E-state index in [1.807, 2.05) is 13.8 Å². The van der Waals surface area contributed by atoms with Crippen LogP contribution in [0.5, 0.6) is 5.88 Å². The number of ether oxygens (including phenoxy) is 1. The molecule has 19 heavy (non-hydrogen) atoms. The SMILES string of the molecule is CCOc1ncnc(N2CCCCC2CCN)c1C. The highest BCUT2D eigenvalue weighted by atomic mass is 16.5. The van der Waals surface area contributed by atoms with Gasteiger partial charge in [0, 0.05) is 12.6 Å². The van der Waals surface area contributed by atoms with E-state index >= 15 is 0 Å². The van der Waals surface area contributed by atoms with E-state index < -0.39 is 0 Å². The molecule has 2 rings (SSSR count). The van der Waals surface area contributed by atoms with Crippen molar-refractivity contribution in [2.45, 2.75) is 45.6 Å². The van der Waals surface area contributed by atoms with E-state index in [1.165, 1.54) is 19.3 Å². The van der Waals surface area contributed by atoms with Crippen molar-refractivity contribution in [1.29, 1.82) is 0 Å². The monoisotopic (exact) mass is 264 g/mol. The quantitative estimate of drug-likeness (QED) is 0.880. The lowest BCUT2D eigenvalue weighted by Gasteiger charge is -2.37. The Morgan fingerprint density at radius 2 is 2.26 bits per heavy atom. The van der Waals surface area contributed by atoms with Crippen LogP contribution in [0, 0.1) is 6.92 Å². The number of rotatable bonds is 5. The van der Waals surface area contributed by atoms with Gasteiger partial charge in [-0.2, -0.15) is 0 Å². The Morgan fingerprint density at radius 3 is 3.00 bits per heavy atom. The lowest BCUT2D eigenvalue weighted by molar-refractivity contribution is 0.323. The molecule has 0 aliphatic carbocycles. The maximum atomic E-state index is 5.73. The van der Waals surface area contributed by atoms with Gasteiger partial charge in [0.15, 0.2) is 0 Å². The normalized spacial score (nSPS) is 19.5. The number of anilines is 1. The van der Waals surface area contributed by atoms with Gasteiger partial charge in [0.2, 0.25) is 5.88 Å². The van der Waals surface area contributed by atoms with Gasteiger partial charge >= 0.3 is 0 Å². The summed E-state index contributed by atoms with van der Waals surface area (Å²) in [4.78, 5) is 11.1. The molecule has 0 radical (unpaired) electrons. The maximum Gasteiger partial charge on any atom is 0.221 e. The Bertz CT molecular complexity index is 408. The van der Waals surface area contributed by atoms with Gasteiger partial charge in [-0.25, -0.2) is 9.97 Å². The summed E-state index contributed by atoms with van der Waals surface area (Å²) >= 11 is 0. The van der Waals surface area contributed by atoms with Crippen LogP contribution in [0.4, 0.5) is 5.82 Å². The van der Waals surface area contributed by atoms with Gasteiger partial charge in [-0.1, -0.05) is 0 Å². The molecule has 1 atom stereocenters. The molecule has 106 valence electrons. The topological polar surface area (TPSA) is 64.3 Å². The van der Waals surface area contributed by atoms with Gasteiger partial charge < -0.3 is 15.4 Å². The largest absolute Gasteiger partial charge is 0.478 e. The predicted molar refractivity (Wildman–Crippen MR) is 76.6 cm³/mol. The summed E-state index contributed by atoms with van der Waals surface area (Å²) in [5, 5.41) is 0. The molecule has 0 amide bonds. The van der Waals surface area contributed by atoms with E-state index in [1.54, 1.807) is 6.33 Å². The number of aromatic nitrogens is 2. The molecule has 0 bridgehead atoms. The molecule has 0 saturated carbocycles. The van der Waals surface area contributed by atoms with Crippen LogP contribution in [0.15, 0.2) is 6.33 Å². The summed E-state index contributed by atoms with van der Waals surface area (Å²) in [5.41, 5.74) is 6.77. The minimum atomic E-state index is 0.502. The van der Waals surface area contributed by atoms with Crippen molar-refractivity contribution in [2.75, 3.05) is 24.6 Å². The smallest absolute Gasteiger partial charge is 0.221 e. The van der Waals surface area contributed by atoms with Crippen LogP contribution in [0.3, 0.4) is 0 Å². The van der Waals surface area contributed by atoms with Crippen LogP contribution in [-0.2, 0) is 0 Å². The zero-order valence-corrected chi connectivity index (χ0v) is 11.9. The lowest BCUT2D eigenvalue weighted by atomic mass is 9.99. The van der Waals surface area contributed by atoms with Crippen molar-refractivity contribution in [2.24, 2.45) is 5.73 Å². The van der Waals surface area contributed by atoms with E-state index in [0.29, 0.717) is 18.5 Å². The third-order valence-corrected chi connectivity index (χ3v) is 3.69. The Kier molecular flexibility index (Phi) is 4.96. The van der Waals surface area contributed by atoms with E-state index in [2.05, 4.69) is 14.9 Å². The van der Waals surface area contributed by atoms with Crippen molar-refractivity contribution in [1.82, 2.24) is 9.97 Å². The molecule has 5 nitrogen and oxygen atoms in total. The van der Waals surface area contributed by atoms with Gasteiger partial charge in [0.25, 0.3) is 0 Å². The summed E-state index contributed by atoms with van der Waals surface area (Å²) in [7, 11) is 0. The van der Waals surface area contributed by atoms with Crippen LogP contribution in [-0.4, -0.2) is 35.7 Å².